The van der Waals surface area contributed by atoms with E-state index in [2.05, 4.69) is 57.4 Å². The van der Waals surface area contributed by atoms with Crippen LogP contribution in [-0.4, -0.2) is 39.4 Å². The number of aryl methyl sites for hydroxylation is 1. The molecule has 0 saturated heterocycles. The molecule has 174 valence electrons. The Morgan fingerprint density at radius 1 is 1.03 bits per heavy atom. The number of benzene rings is 1. The van der Waals surface area contributed by atoms with E-state index in [4.69, 9.17) is 0 Å². The highest BCUT2D eigenvalue weighted by molar-refractivity contribution is 6.06. The normalized spacial score (nSPS) is 12.8. The third-order valence-corrected chi connectivity index (χ3v) is 6.37. The molecule has 0 saturated carbocycles. The molecule has 3 aromatic heterocycles. The number of fused-ring (bicyclic) bond motifs is 1. The Bertz CT molecular complexity index is 1290. The van der Waals surface area contributed by atoms with Crippen LogP contribution >= 0.6 is 0 Å². The number of carbonyl (C=O) groups is 1. The molecule has 7 nitrogen and oxygen atoms in total. The van der Waals surface area contributed by atoms with E-state index >= 15 is 0 Å². The standard InChI is InChI=1S/C27H30N6O/c1-5-20-10-9-19(15-30-20)24-13-25(33-16-32-24)31-14-17(2)18(3)21-7-6-8-22-23(27(34)28-4)11-12-29-26(21)22/h6-13,15-18H,5,14H2,1-4H3,(H,28,34)(H,31,32,33)/t17-,18?/m1/s1. The van der Waals surface area contributed by atoms with Crippen LogP contribution in [0.1, 0.15) is 48.3 Å². The summed E-state index contributed by atoms with van der Waals surface area (Å²) < 4.78 is 0. The van der Waals surface area contributed by atoms with Gasteiger partial charge in [0, 0.05) is 48.7 Å². The molecule has 2 N–H and O–H groups in total. The van der Waals surface area contributed by atoms with Gasteiger partial charge in [0.15, 0.2) is 0 Å². The molecule has 3 heterocycles. The minimum absolute atomic E-state index is 0.106. The van der Waals surface area contributed by atoms with Gasteiger partial charge >= 0.3 is 0 Å². The fourth-order valence-electron chi connectivity index (χ4n) is 4.04. The Kier molecular flexibility index (Phi) is 7.11. The van der Waals surface area contributed by atoms with E-state index in [0.717, 1.165) is 52.2 Å². The number of pyridine rings is 2. The fraction of sp³-hybridized carbons (Fsp3) is 0.296. The van der Waals surface area contributed by atoms with Gasteiger partial charge in [-0.1, -0.05) is 39.0 Å². The number of hydrogen-bond donors (Lipinski definition) is 2. The number of amides is 1. The minimum Gasteiger partial charge on any atom is -0.370 e. The van der Waals surface area contributed by atoms with E-state index in [9.17, 15) is 4.79 Å². The highest BCUT2D eigenvalue weighted by Crippen LogP contribution is 2.31. The van der Waals surface area contributed by atoms with Gasteiger partial charge in [-0.05, 0) is 42.0 Å². The van der Waals surface area contributed by atoms with Gasteiger partial charge in [0.1, 0.15) is 12.1 Å². The summed E-state index contributed by atoms with van der Waals surface area (Å²) in [5, 5.41) is 7.04. The van der Waals surface area contributed by atoms with Crippen LogP contribution in [0, 0.1) is 5.92 Å². The molecule has 1 unspecified atom stereocenters. The second kappa shape index (κ2) is 10.4. The molecule has 34 heavy (non-hydrogen) atoms. The summed E-state index contributed by atoms with van der Waals surface area (Å²) in [5.41, 5.74) is 5.51. The van der Waals surface area contributed by atoms with Crippen LogP contribution in [0.5, 0.6) is 0 Å². The largest absolute Gasteiger partial charge is 0.370 e. The lowest BCUT2D eigenvalue weighted by atomic mass is 9.87. The first-order chi connectivity index (χ1) is 16.5. The van der Waals surface area contributed by atoms with Gasteiger partial charge < -0.3 is 10.6 Å². The molecule has 0 aliphatic rings. The Balaban J connectivity index is 1.50. The van der Waals surface area contributed by atoms with Crippen molar-refractivity contribution in [1.82, 2.24) is 25.3 Å². The first kappa shape index (κ1) is 23.3. The van der Waals surface area contributed by atoms with Crippen molar-refractivity contribution in [3.8, 4) is 11.3 Å². The van der Waals surface area contributed by atoms with Crippen LogP contribution < -0.4 is 10.6 Å². The first-order valence-corrected chi connectivity index (χ1v) is 11.6. The van der Waals surface area contributed by atoms with Crippen LogP contribution in [0.15, 0.2) is 61.2 Å². The SMILES string of the molecule is CCc1ccc(-c2cc(NC[C@@H](C)C(C)c3cccc4c(C(=O)NC)ccnc34)ncn2)cn1. The molecular formula is C27H30N6O. The molecular weight excluding hydrogens is 424 g/mol. The Labute approximate surface area is 200 Å². The van der Waals surface area contributed by atoms with E-state index in [1.54, 1.807) is 25.6 Å². The van der Waals surface area contributed by atoms with Crippen LogP contribution in [0.2, 0.25) is 0 Å². The lowest BCUT2D eigenvalue weighted by Gasteiger charge is -2.22. The summed E-state index contributed by atoms with van der Waals surface area (Å²) in [4.78, 5) is 30.2. The molecule has 4 rings (SSSR count). The molecule has 0 fully saturated rings. The maximum atomic E-state index is 12.3. The fourth-order valence-corrected chi connectivity index (χ4v) is 4.04. The summed E-state index contributed by atoms with van der Waals surface area (Å²) in [5.74, 6) is 1.18. The maximum Gasteiger partial charge on any atom is 0.251 e. The van der Waals surface area contributed by atoms with Crippen LogP contribution in [0.25, 0.3) is 22.2 Å². The average molecular weight is 455 g/mol. The smallest absolute Gasteiger partial charge is 0.251 e. The molecule has 4 aromatic rings. The van der Waals surface area contributed by atoms with Crippen molar-refractivity contribution >= 4 is 22.6 Å². The van der Waals surface area contributed by atoms with Gasteiger partial charge in [0.25, 0.3) is 5.91 Å². The van der Waals surface area contributed by atoms with Crippen molar-refractivity contribution in [2.24, 2.45) is 5.92 Å². The molecule has 1 aromatic carbocycles. The number of anilines is 1. The van der Waals surface area contributed by atoms with Crippen LogP contribution in [-0.2, 0) is 6.42 Å². The number of aromatic nitrogens is 4. The predicted molar refractivity (Wildman–Crippen MR) is 136 cm³/mol. The topological polar surface area (TPSA) is 92.7 Å². The Morgan fingerprint density at radius 2 is 1.88 bits per heavy atom. The minimum atomic E-state index is -0.106. The number of para-hydroxylation sites is 1. The number of carbonyl (C=O) groups excluding carboxylic acids is 1. The molecule has 0 radical (unpaired) electrons. The summed E-state index contributed by atoms with van der Waals surface area (Å²) in [6, 6.07) is 13.8. The second-order valence-corrected chi connectivity index (χ2v) is 8.51. The van der Waals surface area contributed by atoms with E-state index in [-0.39, 0.29) is 11.8 Å². The maximum absolute atomic E-state index is 12.3. The van der Waals surface area contributed by atoms with Crippen molar-refractivity contribution in [1.29, 1.82) is 0 Å². The van der Waals surface area contributed by atoms with E-state index < -0.39 is 0 Å². The molecule has 0 aliphatic heterocycles. The highest BCUT2D eigenvalue weighted by atomic mass is 16.1. The number of nitrogens with zero attached hydrogens (tertiary/aromatic N) is 4. The van der Waals surface area contributed by atoms with Crippen LogP contribution in [0.3, 0.4) is 0 Å². The zero-order valence-corrected chi connectivity index (χ0v) is 20.0. The summed E-state index contributed by atoms with van der Waals surface area (Å²) in [6.07, 6.45) is 6.05. The molecule has 2 atom stereocenters. The quantitative estimate of drug-likeness (QED) is 0.395. The third-order valence-electron chi connectivity index (χ3n) is 6.37. The van der Waals surface area contributed by atoms with E-state index in [1.807, 2.05) is 36.5 Å². The van der Waals surface area contributed by atoms with E-state index in [0.29, 0.717) is 11.5 Å². The summed E-state index contributed by atoms with van der Waals surface area (Å²) in [7, 11) is 1.64. The van der Waals surface area contributed by atoms with Gasteiger partial charge in [-0.25, -0.2) is 9.97 Å². The lowest BCUT2D eigenvalue weighted by Crippen LogP contribution is -2.19. The molecule has 7 heteroatoms. The zero-order valence-electron chi connectivity index (χ0n) is 20.0. The lowest BCUT2D eigenvalue weighted by molar-refractivity contribution is 0.0964. The van der Waals surface area contributed by atoms with Gasteiger partial charge in [0.2, 0.25) is 0 Å². The van der Waals surface area contributed by atoms with Crippen molar-refractivity contribution in [2.45, 2.75) is 33.1 Å². The second-order valence-electron chi connectivity index (χ2n) is 8.51. The zero-order chi connectivity index (χ0) is 24.1. The number of hydrogen-bond acceptors (Lipinski definition) is 6. The number of nitrogens with one attached hydrogen (secondary N) is 2. The van der Waals surface area contributed by atoms with Gasteiger partial charge in [-0.3, -0.25) is 14.8 Å². The average Bonchev–Trinajstić information content (AvgIpc) is 2.90. The Hall–Kier alpha value is -3.87. The summed E-state index contributed by atoms with van der Waals surface area (Å²) in [6.45, 7) is 7.22. The van der Waals surface area contributed by atoms with Crippen molar-refractivity contribution in [2.75, 3.05) is 18.9 Å². The molecule has 0 aliphatic carbocycles. The van der Waals surface area contributed by atoms with Gasteiger partial charge in [0.05, 0.1) is 16.8 Å². The van der Waals surface area contributed by atoms with Gasteiger partial charge in [-0.15, -0.1) is 0 Å². The highest BCUT2D eigenvalue weighted by Gasteiger charge is 2.19. The molecule has 0 bridgehead atoms. The summed E-state index contributed by atoms with van der Waals surface area (Å²) >= 11 is 0. The van der Waals surface area contributed by atoms with Gasteiger partial charge in [-0.2, -0.15) is 0 Å². The third kappa shape index (κ3) is 4.88. The van der Waals surface area contributed by atoms with Crippen LogP contribution in [0.4, 0.5) is 5.82 Å². The van der Waals surface area contributed by atoms with E-state index in [1.165, 1.54) is 0 Å². The first-order valence-electron chi connectivity index (χ1n) is 11.6. The molecule has 1 amide bonds. The molecule has 0 spiro atoms. The number of rotatable bonds is 8. The van der Waals surface area contributed by atoms with Crippen molar-refractivity contribution in [3.63, 3.8) is 0 Å². The Morgan fingerprint density at radius 3 is 2.62 bits per heavy atom. The van der Waals surface area contributed by atoms with Crippen molar-refractivity contribution in [3.05, 3.63) is 78.0 Å². The van der Waals surface area contributed by atoms with Crippen molar-refractivity contribution < 1.29 is 4.79 Å². The monoisotopic (exact) mass is 454 g/mol. The predicted octanol–water partition coefficient (Wildman–Crippen LogP) is 4.86.